The lowest BCUT2D eigenvalue weighted by Gasteiger charge is -2.34. The molecule has 2 amide bonds. The van der Waals surface area contributed by atoms with Gasteiger partial charge in [-0.2, -0.15) is 0 Å². The molecule has 0 saturated heterocycles. The first-order valence-corrected chi connectivity index (χ1v) is 16.6. The van der Waals surface area contributed by atoms with Crippen molar-refractivity contribution in [3.8, 4) is 0 Å². The SMILES string of the molecule is CCc1ccc(N(CC(=O)N(CCc2ccccc2)C(CC)C(=O)NC2CCCCC2)S(=O)(=O)c2ccccc2)cc1. The van der Waals surface area contributed by atoms with Crippen molar-refractivity contribution in [2.45, 2.75) is 82.2 Å². The summed E-state index contributed by atoms with van der Waals surface area (Å²) >= 11 is 0. The van der Waals surface area contributed by atoms with Crippen LogP contribution in [0.1, 0.15) is 63.5 Å². The number of carbonyl (C=O) groups is 2. The second-order valence-corrected chi connectivity index (χ2v) is 12.8. The molecule has 7 nitrogen and oxygen atoms in total. The second kappa shape index (κ2) is 15.0. The molecule has 0 bridgehead atoms. The molecular weight excluding hydrogens is 546 g/mol. The van der Waals surface area contributed by atoms with Gasteiger partial charge < -0.3 is 10.2 Å². The smallest absolute Gasteiger partial charge is 0.264 e. The quantitative estimate of drug-likeness (QED) is 0.275. The minimum Gasteiger partial charge on any atom is -0.352 e. The molecule has 0 heterocycles. The van der Waals surface area contributed by atoms with Gasteiger partial charge in [-0.05, 0) is 67.5 Å². The van der Waals surface area contributed by atoms with Crippen molar-refractivity contribution in [2.75, 3.05) is 17.4 Å². The number of nitrogens with one attached hydrogen (secondary N) is 1. The Bertz CT molecular complexity index is 1390. The van der Waals surface area contributed by atoms with E-state index in [2.05, 4.69) is 5.32 Å². The maximum absolute atomic E-state index is 14.2. The van der Waals surface area contributed by atoms with Gasteiger partial charge in [0.05, 0.1) is 10.6 Å². The maximum atomic E-state index is 14.2. The summed E-state index contributed by atoms with van der Waals surface area (Å²) in [4.78, 5) is 29.5. The van der Waals surface area contributed by atoms with E-state index in [0.29, 0.717) is 25.1 Å². The van der Waals surface area contributed by atoms with Crippen LogP contribution in [0.5, 0.6) is 0 Å². The minimum absolute atomic E-state index is 0.107. The summed E-state index contributed by atoms with van der Waals surface area (Å²) in [5.74, 6) is -0.578. The standard InChI is InChI=1S/C34H43N3O4S/c1-3-27-20-22-30(23-21-27)37(42(40,41)31-18-12-7-13-19-31)26-33(38)36(25-24-28-14-8-5-9-15-28)32(4-2)34(39)35-29-16-10-6-11-17-29/h5,7-9,12-15,18-23,29,32H,3-4,6,10-11,16-17,24-26H2,1-2H3,(H,35,39). The molecule has 1 fully saturated rings. The Morgan fingerprint density at radius 3 is 2.05 bits per heavy atom. The van der Waals surface area contributed by atoms with Crippen molar-refractivity contribution in [1.29, 1.82) is 0 Å². The van der Waals surface area contributed by atoms with Crippen molar-refractivity contribution < 1.29 is 18.0 Å². The van der Waals surface area contributed by atoms with E-state index in [0.717, 1.165) is 43.2 Å². The van der Waals surface area contributed by atoms with Crippen molar-refractivity contribution in [1.82, 2.24) is 10.2 Å². The first kappa shape index (κ1) is 31.3. The molecule has 0 aliphatic heterocycles. The summed E-state index contributed by atoms with van der Waals surface area (Å²) in [5, 5.41) is 3.19. The van der Waals surface area contributed by atoms with E-state index in [9.17, 15) is 18.0 Å². The molecule has 3 aromatic rings. The average Bonchev–Trinajstić information content (AvgIpc) is 3.03. The number of anilines is 1. The van der Waals surface area contributed by atoms with Crippen LogP contribution >= 0.6 is 0 Å². The van der Waals surface area contributed by atoms with Gasteiger partial charge in [-0.15, -0.1) is 0 Å². The Kier molecular flexibility index (Phi) is 11.2. The van der Waals surface area contributed by atoms with E-state index in [4.69, 9.17) is 0 Å². The molecule has 1 saturated carbocycles. The van der Waals surface area contributed by atoms with Gasteiger partial charge in [-0.1, -0.05) is 93.8 Å². The zero-order valence-corrected chi connectivity index (χ0v) is 25.6. The van der Waals surface area contributed by atoms with Crippen LogP contribution in [0.4, 0.5) is 5.69 Å². The molecule has 1 unspecified atom stereocenters. The van der Waals surface area contributed by atoms with Gasteiger partial charge in [0, 0.05) is 12.6 Å². The number of amides is 2. The molecule has 1 atom stereocenters. The lowest BCUT2D eigenvalue weighted by molar-refractivity contribution is -0.140. The third-order valence-electron chi connectivity index (χ3n) is 8.06. The van der Waals surface area contributed by atoms with E-state index in [1.807, 2.05) is 56.3 Å². The number of sulfonamides is 1. The fourth-order valence-electron chi connectivity index (χ4n) is 5.59. The van der Waals surface area contributed by atoms with Crippen LogP contribution in [0.3, 0.4) is 0 Å². The number of carbonyl (C=O) groups excluding carboxylic acids is 2. The summed E-state index contributed by atoms with van der Waals surface area (Å²) in [5.41, 5.74) is 2.52. The number of hydrogen-bond donors (Lipinski definition) is 1. The molecule has 4 rings (SSSR count). The molecule has 1 N–H and O–H groups in total. The predicted molar refractivity (Wildman–Crippen MR) is 168 cm³/mol. The number of benzene rings is 3. The highest BCUT2D eigenvalue weighted by Gasteiger charge is 2.34. The molecule has 0 aromatic heterocycles. The zero-order chi connectivity index (χ0) is 30.0. The van der Waals surface area contributed by atoms with Gasteiger partial charge in [-0.3, -0.25) is 13.9 Å². The minimum atomic E-state index is -4.06. The number of rotatable bonds is 13. The summed E-state index contributed by atoms with van der Waals surface area (Å²) < 4.78 is 29.0. The monoisotopic (exact) mass is 589 g/mol. The molecule has 224 valence electrons. The number of nitrogens with zero attached hydrogens (tertiary/aromatic N) is 2. The first-order chi connectivity index (χ1) is 20.3. The Hall–Kier alpha value is -3.65. The highest BCUT2D eigenvalue weighted by atomic mass is 32.2. The third-order valence-corrected chi connectivity index (χ3v) is 9.85. The highest BCUT2D eigenvalue weighted by Crippen LogP contribution is 2.25. The summed E-state index contributed by atoms with van der Waals surface area (Å²) in [6.45, 7) is 3.82. The maximum Gasteiger partial charge on any atom is 0.264 e. The highest BCUT2D eigenvalue weighted by molar-refractivity contribution is 7.92. The summed E-state index contributed by atoms with van der Waals surface area (Å²) in [7, 11) is -4.06. The average molecular weight is 590 g/mol. The molecule has 1 aliphatic rings. The van der Waals surface area contributed by atoms with E-state index in [-0.39, 0.29) is 16.8 Å². The Morgan fingerprint density at radius 2 is 1.45 bits per heavy atom. The zero-order valence-electron chi connectivity index (χ0n) is 24.7. The third kappa shape index (κ3) is 8.00. The normalized spacial score (nSPS) is 14.6. The van der Waals surface area contributed by atoms with Gasteiger partial charge in [-0.25, -0.2) is 8.42 Å². The fraction of sp³-hybridized carbons (Fsp3) is 0.412. The van der Waals surface area contributed by atoms with Gasteiger partial charge in [0.25, 0.3) is 10.0 Å². The van der Waals surface area contributed by atoms with Crippen LogP contribution in [-0.2, 0) is 32.5 Å². The van der Waals surface area contributed by atoms with E-state index in [1.54, 1.807) is 35.2 Å². The van der Waals surface area contributed by atoms with Crippen LogP contribution in [0, 0.1) is 0 Å². The Labute approximate surface area is 251 Å². The largest absolute Gasteiger partial charge is 0.352 e. The van der Waals surface area contributed by atoms with Crippen LogP contribution in [0.2, 0.25) is 0 Å². The first-order valence-electron chi connectivity index (χ1n) is 15.1. The topological polar surface area (TPSA) is 86.8 Å². The van der Waals surface area contributed by atoms with E-state index < -0.39 is 28.5 Å². The molecule has 0 spiro atoms. The molecule has 0 radical (unpaired) electrons. The van der Waals surface area contributed by atoms with Crippen LogP contribution in [-0.4, -0.2) is 50.3 Å². The summed E-state index contributed by atoms with van der Waals surface area (Å²) in [6.07, 6.45) is 7.02. The van der Waals surface area contributed by atoms with Crippen LogP contribution in [0.15, 0.2) is 89.8 Å². The van der Waals surface area contributed by atoms with E-state index in [1.165, 1.54) is 22.9 Å². The fourth-order valence-corrected chi connectivity index (χ4v) is 7.02. The van der Waals surface area contributed by atoms with Crippen molar-refractivity contribution in [3.05, 3.63) is 96.1 Å². The Morgan fingerprint density at radius 1 is 0.833 bits per heavy atom. The van der Waals surface area contributed by atoms with Crippen LogP contribution < -0.4 is 9.62 Å². The van der Waals surface area contributed by atoms with E-state index >= 15 is 0 Å². The second-order valence-electron chi connectivity index (χ2n) is 10.9. The van der Waals surface area contributed by atoms with Crippen LogP contribution in [0.25, 0.3) is 0 Å². The van der Waals surface area contributed by atoms with Gasteiger partial charge in [0.1, 0.15) is 12.6 Å². The number of aryl methyl sites for hydroxylation is 1. The lowest BCUT2D eigenvalue weighted by atomic mass is 9.95. The summed E-state index contributed by atoms with van der Waals surface area (Å²) in [6, 6.07) is 24.6. The number of hydrogen-bond acceptors (Lipinski definition) is 4. The van der Waals surface area contributed by atoms with Crippen molar-refractivity contribution in [3.63, 3.8) is 0 Å². The lowest BCUT2D eigenvalue weighted by Crippen LogP contribution is -2.54. The predicted octanol–water partition coefficient (Wildman–Crippen LogP) is 5.74. The molecular formula is C34H43N3O4S. The Balaban J connectivity index is 1.65. The van der Waals surface area contributed by atoms with Gasteiger partial charge in [0.2, 0.25) is 11.8 Å². The molecule has 1 aliphatic carbocycles. The molecule has 42 heavy (non-hydrogen) atoms. The van der Waals surface area contributed by atoms with Gasteiger partial charge in [0.15, 0.2) is 0 Å². The van der Waals surface area contributed by atoms with Gasteiger partial charge >= 0.3 is 0 Å². The molecule has 3 aromatic carbocycles. The molecule has 8 heteroatoms. The van der Waals surface area contributed by atoms with Crippen molar-refractivity contribution >= 4 is 27.5 Å². The van der Waals surface area contributed by atoms with Crippen molar-refractivity contribution in [2.24, 2.45) is 0 Å².